The van der Waals surface area contributed by atoms with Gasteiger partial charge in [-0.05, 0) is 107 Å². The minimum Gasteiger partial charge on any atom is -0.344 e. The Kier molecular flexibility index (Phi) is 8.99. The van der Waals surface area contributed by atoms with E-state index in [9.17, 15) is 0 Å². The van der Waals surface area contributed by atoms with E-state index in [-0.39, 0.29) is 0 Å². The molecule has 0 atom stereocenters. The fourth-order valence-corrected chi connectivity index (χ4v) is 7.06. The summed E-state index contributed by atoms with van der Waals surface area (Å²) >= 11 is 0. The lowest BCUT2D eigenvalue weighted by Crippen LogP contribution is -2.12. The van der Waals surface area contributed by atoms with Crippen molar-refractivity contribution in [3.8, 4) is 67.0 Å². The molecule has 0 aliphatic rings. The molecule has 8 aromatic rings. The average Bonchev–Trinajstić information content (AvgIpc) is 3.21. The fourth-order valence-electron chi connectivity index (χ4n) is 7.06. The van der Waals surface area contributed by atoms with Crippen LogP contribution in [0.2, 0.25) is 0 Å². The zero-order valence-electron chi connectivity index (χ0n) is 29.7. The monoisotopic (exact) mass is 669 g/mol. The number of hydrogen-bond acceptors (Lipinski definition) is 3. The highest BCUT2D eigenvalue weighted by atomic mass is 15.1. The zero-order chi connectivity index (χ0) is 35.4. The van der Waals surface area contributed by atoms with Gasteiger partial charge in [-0.3, -0.25) is 9.97 Å². The van der Waals surface area contributed by atoms with Crippen LogP contribution in [0.5, 0.6) is 0 Å². The van der Waals surface area contributed by atoms with E-state index in [1.54, 1.807) is 0 Å². The largest absolute Gasteiger partial charge is 0.344 e. The van der Waals surface area contributed by atoms with E-state index in [1.807, 2.05) is 48.8 Å². The van der Waals surface area contributed by atoms with Crippen LogP contribution in [0, 0.1) is 13.8 Å². The van der Waals surface area contributed by atoms with Crippen molar-refractivity contribution in [2.45, 2.75) is 13.8 Å². The number of nitrogens with zero attached hydrogens (tertiary/aromatic N) is 3. The van der Waals surface area contributed by atoms with Gasteiger partial charge >= 0.3 is 0 Å². The zero-order valence-corrected chi connectivity index (χ0v) is 29.7. The molecule has 0 saturated carbocycles. The van der Waals surface area contributed by atoms with Gasteiger partial charge in [-0.1, -0.05) is 121 Å². The Labute approximate surface area is 306 Å². The topological polar surface area (TPSA) is 29.0 Å². The van der Waals surface area contributed by atoms with E-state index < -0.39 is 0 Å². The van der Waals surface area contributed by atoms with E-state index in [2.05, 4.69) is 169 Å². The maximum absolute atomic E-state index is 4.54. The van der Waals surface area contributed by atoms with Crippen LogP contribution in [0.4, 0.5) is 11.4 Å². The number of pyridine rings is 2. The minimum absolute atomic E-state index is 0.976. The first-order valence-electron chi connectivity index (χ1n) is 17.7. The third kappa shape index (κ3) is 6.53. The Morgan fingerprint density at radius 2 is 0.712 bits per heavy atom. The summed E-state index contributed by atoms with van der Waals surface area (Å²) < 4.78 is 0. The van der Waals surface area contributed by atoms with Crippen molar-refractivity contribution in [3.05, 3.63) is 193 Å². The molecule has 2 heterocycles. The maximum Gasteiger partial charge on any atom is 0.0701 e. The maximum atomic E-state index is 4.54. The van der Waals surface area contributed by atoms with Gasteiger partial charge < -0.3 is 4.90 Å². The number of rotatable bonds is 8. The Morgan fingerprint density at radius 3 is 1.10 bits per heavy atom. The predicted octanol–water partition coefficient (Wildman–Crippen LogP) is 12.9. The quantitative estimate of drug-likeness (QED) is 0.161. The number of aryl methyl sites for hydroxylation is 2. The highest BCUT2D eigenvalue weighted by Crippen LogP contribution is 2.43. The molecule has 0 bridgehead atoms. The molecule has 0 fully saturated rings. The molecular formula is C49H39N3. The number of hydrogen-bond donors (Lipinski definition) is 0. The molecule has 0 saturated heterocycles. The second kappa shape index (κ2) is 14.3. The minimum atomic E-state index is 0.976. The third-order valence-electron chi connectivity index (χ3n) is 9.94. The van der Waals surface area contributed by atoms with E-state index >= 15 is 0 Å². The summed E-state index contributed by atoms with van der Waals surface area (Å²) in [6.45, 7) is 4.39. The van der Waals surface area contributed by atoms with Crippen molar-refractivity contribution in [1.82, 2.24) is 9.97 Å². The van der Waals surface area contributed by atoms with E-state index in [0.717, 1.165) is 33.9 Å². The standard InChI is InChI=1S/C49H39N3/c1-34-12-4-6-14-42(34)44-32-40(36-18-22-38(23-19-36)46-16-8-10-30-50-46)26-28-48(44)52(3)49-29-27-41(33-45(49)43-15-7-5-13-35(43)2)37-20-24-39(25-21-37)47-17-9-11-31-51-47/h4-33H,1-3H3. The van der Waals surface area contributed by atoms with Crippen LogP contribution in [0.25, 0.3) is 67.0 Å². The van der Waals surface area contributed by atoms with E-state index in [1.165, 1.54) is 55.6 Å². The lowest BCUT2D eigenvalue weighted by atomic mass is 9.92. The van der Waals surface area contributed by atoms with Gasteiger partial charge in [0.2, 0.25) is 0 Å². The van der Waals surface area contributed by atoms with Crippen molar-refractivity contribution >= 4 is 11.4 Å². The van der Waals surface area contributed by atoms with Crippen LogP contribution in [-0.2, 0) is 0 Å². The molecule has 0 amide bonds. The lowest BCUT2D eigenvalue weighted by Gasteiger charge is -2.27. The lowest BCUT2D eigenvalue weighted by molar-refractivity contribution is 1.21. The van der Waals surface area contributed by atoms with Crippen molar-refractivity contribution < 1.29 is 0 Å². The summed E-state index contributed by atoms with van der Waals surface area (Å²) in [4.78, 5) is 11.4. The van der Waals surface area contributed by atoms with Gasteiger partial charge in [0.1, 0.15) is 0 Å². The summed E-state index contributed by atoms with van der Waals surface area (Å²) in [6, 6.07) is 60.5. The number of benzene rings is 6. The smallest absolute Gasteiger partial charge is 0.0701 e. The second-order valence-corrected chi connectivity index (χ2v) is 13.2. The van der Waals surface area contributed by atoms with Crippen LogP contribution in [0.1, 0.15) is 11.1 Å². The molecule has 2 aromatic heterocycles. The first-order valence-corrected chi connectivity index (χ1v) is 17.7. The molecule has 0 N–H and O–H groups in total. The first kappa shape index (κ1) is 32.6. The second-order valence-electron chi connectivity index (χ2n) is 13.2. The van der Waals surface area contributed by atoms with Crippen molar-refractivity contribution in [2.75, 3.05) is 11.9 Å². The predicted molar refractivity (Wildman–Crippen MR) is 219 cm³/mol. The van der Waals surface area contributed by atoms with Crippen LogP contribution < -0.4 is 4.90 Å². The summed E-state index contributed by atoms with van der Waals surface area (Å²) in [5.41, 5.74) is 18.4. The fraction of sp³-hybridized carbons (Fsp3) is 0.0612. The number of anilines is 2. The third-order valence-corrected chi connectivity index (χ3v) is 9.94. The summed E-state index contributed by atoms with van der Waals surface area (Å²) in [5, 5.41) is 0. The van der Waals surface area contributed by atoms with Crippen LogP contribution in [-0.4, -0.2) is 17.0 Å². The SMILES string of the molecule is Cc1ccccc1-c1cc(-c2ccc(-c3ccccn3)cc2)ccc1N(C)c1ccc(-c2ccc(-c3ccccn3)cc2)cc1-c1ccccc1C. The summed E-state index contributed by atoms with van der Waals surface area (Å²) in [7, 11) is 2.19. The molecule has 3 nitrogen and oxygen atoms in total. The first-order chi connectivity index (χ1) is 25.5. The van der Waals surface area contributed by atoms with E-state index in [0.29, 0.717) is 0 Å². The molecule has 0 spiro atoms. The van der Waals surface area contributed by atoms with Gasteiger partial charge in [-0.15, -0.1) is 0 Å². The van der Waals surface area contributed by atoms with Crippen LogP contribution in [0.3, 0.4) is 0 Å². The molecule has 250 valence electrons. The van der Waals surface area contributed by atoms with Crippen molar-refractivity contribution in [3.63, 3.8) is 0 Å². The Hall–Kier alpha value is -6.58. The molecular weight excluding hydrogens is 631 g/mol. The van der Waals surface area contributed by atoms with Gasteiger partial charge in [0.25, 0.3) is 0 Å². The molecule has 3 heteroatoms. The van der Waals surface area contributed by atoms with Gasteiger partial charge in [0, 0.05) is 53.1 Å². The highest BCUT2D eigenvalue weighted by Gasteiger charge is 2.19. The Balaban J connectivity index is 1.22. The molecule has 0 aliphatic heterocycles. The molecule has 0 aliphatic carbocycles. The normalized spacial score (nSPS) is 11.0. The Morgan fingerprint density at radius 1 is 0.346 bits per heavy atom. The molecule has 0 unspecified atom stereocenters. The molecule has 0 radical (unpaired) electrons. The van der Waals surface area contributed by atoms with Gasteiger partial charge in [-0.25, -0.2) is 0 Å². The van der Waals surface area contributed by atoms with Gasteiger partial charge in [0.05, 0.1) is 11.4 Å². The van der Waals surface area contributed by atoms with Gasteiger partial charge in [-0.2, -0.15) is 0 Å². The molecule has 8 rings (SSSR count). The molecule has 6 aromatic carbocycles. The Bertz CT molecular complexity index is 2290. The number of aromatic nitrogens is 2. The summed E-state index contributed by atoms with van der Waals surface area (Å²) in [5.74, 6) is 0. The van der Waals surface area contributed by atoms with Crippen molar-refractivity contribution in [2.24, 2.45) is 0 Å². The van der Waals surface area contributed by atoms with Crippen LogP contribution >= 0.6 is 0 Å². The average molecular weight is 670 g/mol. The summed E-state index contributed by atoms with van der Waals surface area (Å²) in [6.07, 6.45) is 3.68. The van der Waals surface area contributed by atoms with Gasteiger partial charge in [0.15, 0.2) is 0 Å². The highest BCUT2D eigenvalue weighted by molar-refractivity contribution is 5.93. The van der Waals surface area contributed by atoms with E-state index in [4.69, 9.17) is 0 Å². The van der Waals surface area contributed by atoms with Crippen molar-refractivity contribution in [1.29, 1.82) is 0 Å². The van der Waals surface area contributed by atoms with Crippen LogP contribution in [0.15, 0.2) is 182 Å². The molecule has 52 heavy (non-hydrogen) atoms.